The highest BCUT2D eigenvalue weighted by Crippen LogP contribution is 2.28. The molecule has 0 aromatic heterocycles. The van der Waals surface area contributed by atoms with Gasteiger partial charge in [0.05, 0.1) is 14.2 Å². The van der Waals surface area contributed by atoms with Crippen molar-refractivity contribution in [2.75, 3.05) is 20.8 Å². The second kappa shape index (κ2) is 8.54. The third-order valence-electron chi connectivity index (χ3n) is 3.34. The molecule has 0 aliphatic rings. The van der Waals surface area contributed by atoms with E-state index in [1.165, 1.54) is 6.08 Å². The Morgan fingerprint density at radius 1 is 1.00 bits per heavy atom. The molecule has 0 radical (unpaired) electrons. The van der Waals surface area contributed by atoms with Gasteiger partial charge in [-0.3, -0.25) is 4.79 Å². The Kier molecular flexibility index (Phi) is 6.17. The van der Waals surface area contributed by atoms with E-state index in [1.54, 1.807) is 56.7 Å². The molecule has 0 unspecified atom stereocenters. The van der Waals surface area contributed by atoms with Gasteiger partial charge in [-0.1, -0.05) is 12.1 Å². The molecule has 0 spiro atoms. The SMILES string of the molecule is COc1ccc(/C=C/C(=O)c2ccc(OCC(=O)O)cc2)cc1OC. The van der Waals surface area contributed by atoms with Crippen molar-refractivity contribution >= 4 is 17.8 Å². The summed E-state index contributed by atoms with van der Waals surface area (Å²) in [6.45, 7) is -0.424. The summed E-state index contributed by atoms with van der Waals surface area (Å²) < 4.78 is 15.4. The maximum absolute atomic E-state index is 12.2. The van der Waals surface area contributed by atoms with Crippen LogP contribution in [0, 0.1) is 0 Å². The van der Waals surface area contributed by atoms with Gasteiger partial charge in [0.15, 0.2) is 23.9 Å². The van der Waals surface area contributed by atoms with Crippen LogP contribution in [0.15, 0.2) is 48.5 Å². The van der Waals surface area contributed by atoms with Crippen LogP contribution in [-0.4, -0.2) is 37.7 Å². The second-order valence-electron chi connectivity index (χ2n) is 5.02. The van der Waals surface area contributed by atoms with Gasteiger partial charge in [0.1, 0.15) is 5.75 Å². The van der Waals surface area contributed by atoms with E-state index in [0.29, 0.717) is 22.8 Å². The molecule has 2 aromatic carbocycles. The molecule has 0 aliphatic heterocycles. The lowest BCUT2D eigenvalue weighted by atomic mass is 10.1. The van der Waals surface area contributed by atoms with Crippen LogP contribution in [-0.2, 0) is 4.79 Å². The third kappa shape index (κ3) is 5.10. The Bertz CT molecular complexity index is 777. The lowest BCUT2D eigenvalue weighted by Crippen LogP contribution is -2.09. The van der Waals surface area contributed by atoms with Crippen molar-refractivity contribution in [2.45, 2.75) is 0 Å². The number of hydrogen-bond donors (Lipinski definition) is 1. The summed E-state index contributed by atoms with van der Waals surface area (Å²) in [4.78, 5) is 22.6. The van der Waals surface area contributed by atoms with Crippen molar-refractivity contribution in [2.24, 2.45) is 0 Å². The molecule has 25 heavy (non-hydrogen) atoms. The highest BCUT2D eigenvalue weighted by atomic mass is 16.5. The Morgan fingerprint density at radius 2 is 1.68 bits per heavy atom. The fourth-order valence-corrected chi connectivity index (χ4v) is 2.09. The number of carboxylic acid groups (broad SMARTS) is 1. The van der Waals surface area contributed by atoms with E-state index >= 15 is 0 Å². The number of carbonyl (C=O) groups excluding carboxylic acids is 1. The minimum absolute atomic E-state index is 0.181. The molecule has 130 valence electrons. The van der Waals surface area contributed by atoms with Crippen LogP contribution in [0.5, 0.6) is 17.2 Å². The van der Waals surface area contributed by atoms with Crippen LogP contribution in [0.4, 0.5) is 0 Å². The van der Waals surface area contributed by atoms with Gasteiger partial charge in [-0.05, 0) is 48.0 Å². The molecule has 0 fully saturated rings. The highest BCUT2D eigenvalue weighted by Gasteiger charge is 2.05. The van der Waals surface area contributed by atoms with Gasteiger partial charge in [0, 0.05) is 5.56 Å². The van der Waals surface area contributed by atoms with Crippen molar-refractivity contribution in [3.8, 4) is 17.2 Å². The molecular formula is C19H18O6. The zero-order chi connectivity index (χ0) is 18.2. The highest BCUT2D eigenvalue weighted by molar-refractivity contribution is 6.06. The maximum atomic E-state index is 12.2. The van der Waals surface area contributed by atoms with E-state index in [4.69, 9.17) is 19.3 Å². The fourth-order valence-electron chi connectivity index (χ4n) is 2.09. The Balaban J connectivity index is 2.06. The van der Waals surface area contributed by atoms with Crippen molar-refractivity contribution < 1.29 is 28.9 Å². The normalized spacial score (nSPS) is 10.5. The molecule has 2 rings (SSSR count). The van der Waals surface area contributed by atoms with E-state index in [9.17, 15) is 9.59 Å². The minimum atomic E-state index is -1.06. The average Bonchev–Trinajstić information content (AvgIpc) is 2.64. The fraction of sp³-hybridized carbons (Fsp3) is 0.158. The van der Waals surface area contributed by atoms with Crippen molar-refractivity contribution in [1.29, 1.82) is 0 Å². The van der Waals surface area contributed by atoms with Crippen molar-refractivity contribution in [3.63, 3.8) is 0 Å². The number of carbonyl (C=O) groups is 2. The van der Waals surface area contributed by atoms with Gasteiger partial charge in [-0.2, -0.15) is 0 Å². The zero-order valence-electron chi connectivity index (χ0n) is 13.9. The van der Waals surface area contributed by atoms with E-state index < -0.39 is 12.6 Å². The number of hydrogen-bond acceptors (Lipinski definition) is 5. The molecular weight excluding hydrogens is 324 g/mol. The van der Waals surface area contributed by atoms with Gasteiger partial charge >= 0.3 is 5.97 Å². The molecule has 0 heterocycles. The largest absolute Gasteiger partial charge is 0.493 e. The van der Waals surface area contributed by atoms with Gasteiger partial charge < -0.3 is 19.3 Å². The van der Waals surface area contributed by atoms with E-state index in [-0.39, 0.29) is 5.78 Å². The summed E-state index contributed by atoms with van der Waals surface area (Å²) in [7, 11) is 3.10. The Morgan fingerprint density at radius 3 is 2.28 bits per heavy atom. The number of benzene rings is 2. The van der Waals surface area contributed by atoms with Gasteiger partial charge in [0.2, 0.25) is 0 Å². The molecule has 6 heteroatoms. The van der Waals surface area contributed by atoms with Crippen LogP contribution in [0.2, 0.25) is 0 Å². The lowest BCUT2D eigenvalue weighted by molar-refractivity contribution is -0.139. The summed E-state index contributed by atoms with van der Waals surface area (Å²) in [6.07, 6.45) is 3.13. The summed E-state index contributed by atoms with van der Waals surface area (Å²) in [5.41, 5.74) is 1.27. The lowest BCUT2D eigenvalue weighted by Gasteiger charge is -2.07. The average molecular weight is 342 g/mol. The smallest absolute Gasteiger partial charge is 0.341 e. The van der Waals surface area contributed by atoms with Crippen molar-refractivity contribution in [1.82, 2.24) is 0 Å². The number of rotatable bonds is 8. The summed E-state index contributed by atoms with van der Waals surface area (Å²) >= 11 is 0. The topological polar surface area (TPSA) is 82.1 Å². The van der Waals surface area contributed by atoms with Crippen LogP contribution in [0.3, 0.4) is 0 Å². The van der Waals surface area contributed by atoms with Crippen molar-refractivity contribution in [3.05, 3.63) is 59.7 Å². The molecule has 6 nitrogen and oxygen atoms in total. The minimum Gasteiger partial charge on any atom is -0.493 e. The first-order chi connectivity index (χ1) is 12.0. The second-order valence-corrected chi connectivity index (χ2v) is 5.02. The predicted molar refractivity (Wildman–Crippen MR) is 92.5 cm³/mol. The van der Waals surface area contributed by atoms with Crippen LogP contribution < -0.4 is 14.2 Å². The molecule has 2 aromatic rings. The van der Waals surface area contributed by atoms with Crippen LogP contribution >= 0.6 is 0 Å². The standard InChI is InChI=1S/C19H18O6/c1-23-17-10-4-13(11-18(17)24-2)3-9-16(20)14-5-7-15(8-6-14)25-12-19(21)22/h3-11H,12H2,1-2H3,(H,21,22)/b9-3+. The van der Waals surface area contributed by atoms with E-state index in [1.807, 2.05) is 6.07 Å². The van der Waals surface area contributed by atoms with Crippen LogP contribution in [0.25, 0.3) is 6.08 Å². The Labute approximate surface area is 145 Å². The molecule has 0 saturated heterocycles. The first-order valence-electron chi connectivity index (χ1n) is 7.42. The number of carboxylic acids is 1. The van der Waals surface area contributed by atoms with E-state index in [0.717, 1.165) is 5.56 Å². The molecule has 0 aliphatic carbocycles. The third-order valence-corrected chi connectivity index (χ3v) is 3.34. The first-order valence-corrected chi connectivity index (χ1v) is 7.42. The number of aliphatic carboxylic acids is 1. The Hall–Kier alpha value is -3.28. The molecule has 0 atom stereocenters. The monoisotopic (exact) mass is 342 g/mol. The number of methoxy groups -OCH3 is 2. The first kappa shape index (κ1) is 18.1. The maximum Gasteiger partial charge on any atom is 0.341 e. The molecule has 1 N–H and O–H groups in total. The summed E-state index contributed by atoms with van der Waals surface area (Å²) in [5.74, 6) is 0.348. The number of ketones is 1. The molecule has 0 bridgehead atoms. The number of allylic oxidation sites excluding steroid dienone is 1. The van der Waals surface area contributed by atoms with Gasteiger partial charge in [0.25, 0.3) is 0 Å². The number of ether oxygens (including phenoxy) is 3. The van der Waals surface area contributed by atoms with Crippen LogP contribution in [0.1, 0.15) is 15.9 Å². The summed E-state index contributed by atoms with van der Waals surface area (Å²) in [6, 6.07) is 11.6. The quantitative estimate of drug-likeness (QED) is 0.586. The van der Waals surface area contributed by atoms with Gasteiger partial charge in [-0.15, -0.1) is 0 Å². The molecule has 0 amide bonds. The van der Waals surface area contributed by atoms with Gasteiger partial charge in [-0.25, -0.2) is 4.79 Å². The predicted octanol–water partition coefficient (Wildman–Crippen LogP) is 3.06. The zero-order valence-corrected chi connectivity index (χ0v) is 13.9. The summed E-state index contributed by atoms with van der Waals surface area (Å²) in [5, 5.41) is 8.56. The molecule has 0 saturated carbocycles. The van der Waals surface area contributed by atoms with E-state index in [2.05, 4.69) is 0 Å².